The molecule has 0 rings (SSSR count). The second-order valence-electron chi connectivity index (χ2n) is 1.90. The van der Waals surface area contributed by atoms with Crippen LogP contribution in [-0.2, 0) is 0 Å². The number of allylic oxidation sites excluding steroid dienone is 2. The highest BCUT2D eigenvalue weighted by Gasteiger charge is 1.94. The van der Waals surface area contributed by atoms with Crippen LogP contribution in [0, 0.1) is 0 Å². The molecule has 0 aliphatic rings. The van der Waals surface area contributed by atoms with Gasteiger partial charge in [-0.25, -0.2) is 4.39 Å². The first-order valence-electron chi connectivity index (χ1n) is 3.31. The summed E-state index contributed by atoms with van der Waals surface area (Å²) >= 11 is 0. The van der Waals surface area contributed by atoms with Crippen LogP contribution >= 0.6 is 0 Å². The molecule has 0 aromatic rings. The predicted octanol–water partition coefficient (Wildman–Crippen LogP) is 2.21. The Morgan fingerprint density at radius 2 is 2.00 bits per heavy atom. The van der Waals surface area contributed by atoms with Crippen LogP contribution in [0.4, 0.5) is 4.39 Å². The number of nitrogens with one attached hydrogen (secondary N) is 1. The van der Waals surface area contributed by atoms with Gasteiger partial charge in [-0.15, -0.1) is 0 Å². The lowest BCUT2D eigenvalue weighted by atomic mass is 10.3. The standard InChI is InChI=1S/C7H14FN/c1-4-7(6(3)8)9-5-2/h9H,4-5H2,1-3H3/b7-6-. The summed E-state index contributed by atoms with van der Waals surface area (Å²) in [5.41, 5.74) is 0.720. The van der Waals surface area contributed by atoms with E-state index in [2.05, 4.69) is 5.32 Å². The fourth-order valence-corrected chi connectivity index (χ4v) is 0.704. The summed E-state index contributed by atoms with van der Waals surface area (Å²) in [5.74, 6) is -0.0978. The van der Waals surface area contributed by atoms with Crippen LogP contribution in [0.2, 0.25) is 0 Å². The van der Waals surface area contributed by atoms with Crippen molar-refractivity contribution in [2.75, 3.05) is 6.54 Å². The molecular formula is C7H14FN. The molecule has 0 aliphatic carbocycles. The Balaban J connectivity index is 3.83. The van der Waals surface area contributed by atoms with Gasteiger partial charge in [-0.3, -0.25) is 0 Å². The minimum absolute atomic E-state index is 0.0978. The lowest BCUT2D eigenvalue weighted by Gasteiger charge is -2.04. The lowest BCUT2D eigenvalue weighted by molar-refractivity contribution is 0.598. The molecule has 0 aliphatic heterocycles. The van der Waals surface area contributed by atoms with E-state index in [1.165, 1.54) is 6.92 Å². The van der Waals surface area contributed by atoms with E-state index in [4.69, 9.17) is 0 Å². The zero-order valence-corrected chi connectivity index (χ0v) is 6.29. The molecule has 0 fully saturated rings. The molecule has 0 amide bonds. The first kappa shape index (κ1) is 8.47. The second-order valence-corrected chi connectivity index (χ2v) is 1.90. The molecule has 0 spiro atoms. The summed E-state index contributed by atoms with van der Waals surface area (Å²) in [5, 5.41) is 2.94. The Morgan fingerprint density at radius 3 is 2.11 bits per heavy atom. The van der Waals surface area contributed by atoms with Gasteiger partial charge in [0.25, 0.3) is 0 Å². The molecule has 0 aromatic carbocycles. The second kappa shape index (κ2) is 4.36. The Hall–Kier alpha value is -0.530. The highest BCUT2D eigenvalue weighted by Crippen LogP contribution is 2.04. The fraction of sp³-hybridized carbons (Fsp3) is 0.714. The summed E-state index contributed by atoms with van der Waals surface area (Å²) in [6.07, 6.45) is 0.746. The van der Waals surface area contributed by atoms with Gasteiger partial charge >= 0.3 is 0 Å². The third-order valence-electron chi connectivity index (χ3n) is 1.16. The first-order valence-corrected chi connectivity index (χ1v) is 3.31. The molecule has 0 heterocycles. The summed E-state index contributed by atoms with van der Waals surface area (Å²) in [6, 6.07) is 0. The minimum atomic E-state index is -0.0978. The van der Waals surface area contributed by atoms with E-state index in [1.54, 1.807) is 0 Å². The highest BCUT2D eigenvalue weighted by atomic mass is 19.1. The molecule has 9 heavy (non-hydrogen) atoms. The minimum Gasteiger partial charge on any atom is -0.387 e. The van der Waals surface area contributed by atoms with Gasteiger partial charge in [-0.1, -0.05) is 6.92 Å². The normalized spacial score (nSPS) is 12.9. The Labute approximate surface area is 56.0 Å². The van der Waals surface area contributed by atoms with Crippen molar-refractivity contribution in [1.29, 1.82) is 0 Å². The van der Waals surface area contributed by atoms with Crippen LogP contribution in [-0.4, -0.2) is 6.54 Å². The third kappa shape index (κ3) is 3.12. The van der Waals surface area contributed by atoms with E-state index in [1.807, 2.05) is 13.8 Å². The van der Waals surface area contributed by atoms with Crippen LogP contribution < -0.4 is 5.32 Å². The Morgan fingerprint density at radius 1 is 1.44 bits per heavy atom. The monoisotopic (exact) mass is 131 g/mol. The molecular weight excluding hydrogens is 117 g/mol. The average Bonchev–Trinajstić information content (AvgIpc) is 1.82. The van der Waals surface area contributed by atoms with E-state index in [0.29, 0.717) is 0 Å². The molecule has 1 nitrogen and oxygen atoms in total. The Kier molecular flexibility index (Phi) is 4.10. The van der Waals surface area contributed by atoms with Gasteiger partial charge in [0.2, 0.25) is 0 Å². The van der Waals surface area contributed by atoms with Crippen molar-refractivity contribution in [3.63, 3.8) is 0 Å². The maximum atomic E-state index is 12.4. The molecule has 2 heteroatoms. The van der Waals surface area contributed by atoms with Crippen molar-refractivity contribution in [3.05, 3.63) is 11.5 Å². The van der Waals surface area contributed by atoms with E-state index in [0.717, 1.165) is 18.7 Å². The molecule has 0 radical (unpaired) electrons. The lowest BCUT2D eigenvalue weighted by Crippen LogP contribution is -2.12. The average molecular weight is 131 g/mol. The van der Waals surface area contributed by atoms with E-state index in [-0.39, 0.29) is 5.83 Å². The molecule has 0 saturated heterocycles. The highest BCUT2D eigenvalue weighted by molar-refractivity contribution is 5.02. The van der Waals surface area contributed by atoms with Crippen molar-refractivity contribution >= 4 is 0 Å². The molecule has 1 N–H and O–H groups in total. The smallest absolute Gasteiger partial charge is 0.116 e. The summed E-state index contributed by atoms with van der Waals surface area (Å²) < 4.78 is 12.4. The number of halogens is 1. The van der Waals surface area contributed by atoms with Crippen LogP contribution in [0.3, 0.4) is 0 Å². The largest absolute Gasteiger partial charge is 0.387 e. The zero-order chi connectivity index (χ0) is 7.28. The van der Waals surface area contributed by atoms with Crippen LogP contribution in [0.5, 0.6) is 0 Å². The molecule has 54 valence electrons. The van der Waals surface area contributed by atoms with Crippen molar-refractivity contribution in [1.82, 2.24) is 5.32 Å². The van der Waals surface area contributed by atoms with Gasteiger partial charge in [0, 0.05) is 12.2 Å². The zero-order valence-electron chi connectivity index (χ0n) is 6.29. The van der Waals surface area contributed by atoms with Crippen molar-refractivity contribution in [2.24, 2.45) is 0 Å². The van der Waals surface area contributed by atoms with Crippen molar-refractivity contribution in [3.8, 4) is 0 Å². The van der Waals surface area contributed by atoms with Gasteiger partial charge in [0.05, 0.1) is 0 Å². The molecule has 0 atom stereocenters. The van der Waals surface area contributed by atoms with Gasteiger partial charge in [0.15, 0.2) is 0 Å². The molecule has 0 bridgehead atoms. The van der Waals surface area contributed by atoms with Gasteiger partial charge < -0.3 is 5.32 Å². The van der Waals surface area contributed by atoms with Crippen molar-refractivity contribution < 1.29 is 4.39 Å². The van der Waals surface area contributed by atoms with E-state index >= 15 is 0 Å². The molecule has 0 unspecified atom stereocenters. The number of rotatable bonds is 3. The molecule has 0 saturated carbocycles. The Bertz CT molecular complexity index is 103. The maximum Gasteiger partial charge on any atom is 0.116 e. The van der Waals surface area contributed by atoms with Gasteiger partial charge in [-0.05, 0) is 20.3 Å². The summed E-state index contributed by atoms with van der Waals surface area (Å²) in [7, 11) is 0. The fourth-order valence-electron chi connectivity index (χ4n) is 0.704. The predicted molar refractivity (Wildman–Crippen MR) is 37.8 cm³/mol. The summed E-state index contributed by atoms with van der Waals surface area (Å²) in [6.45, 7) is 6.16. The van der Waals surface area contributed by atoms with Crippen LogP contribution in [0.15, 0.2) is 11.5 Å². The quantitative estimate of drug-likeness (QED) is 0.619. The molecule has 0 aromatic heterocycles. The first-order chi connectivity index (χ1) is 4.22. The van der Waals surface area contributed by atoms with Crippen molar-refractivity contribution in [2.45, 2.75) is 27.2 Å². The number of hydrogen-bond donors (Lipinski definition) is 1. The third-order valence-corrected chi connectivity index (χ3v) is 1.16. The SMILES string of the molecule is CCN/C(CC)=C(/C)F. The number of hydrogen-bond acceptors (Lipinski definition) is 1. The van der Waals surface area contributed by atoms with E-state index in [9.17, 15) is 4.39 Å². The van der Waals surface area contributed by atoms with Gasteiger partial charge in [-0.2, -0.15) is 0 Å². The van der Waals surface area contributed by atoms with Gasteiger partial charge in [0.1, 0.15) is 5.83 Å². The van der Waals surface area contributed by atoms with Crippen LogP contribution in [0.25, 0.3) is 0 Å². The maximum absolute atomic E-state index is 12.4. The van der Waals surface area contributed by atoms with Crippen LogP contribution in [0.1, 0.15) is 27.2 Å². The van der Waals surface area contributed by atoms with E-state index < -0.39 is 0 Å². The topological polar surface area (TPSA) is 12.0 Å². The summed E-state index contributed by atoms with van der Waals surface area (Å²) in [4.78, 5) is 0.